The molecule has 180 valence electrons. The third-order valence-corrected chi connectivity index (χ3v) is 7.46. The van der Waals surface area contributed by atoms with Gasteiger partial charge in [0.1, 0.15) is 12.2 Å². The van der Waals surface area contributed by atoms with Crippen LogP contribution in [0.1, 0.15) is 33.1 Å². The van der Waals surface area contributed by atoms with Crippen molar-refractivity contribution < 1.29 is 28.5 Å². The number of ether oxygens (including phenoxy) is 4. The third kappa shape index (κ3) is 5.90. The normalized spacial score (nSPS) is 32.2. The van der Waals surface area contributed by atoms with Crippen molar-refractivity contribution in [2.24, 2.45) is 5.92 Å². The van der Waals surface area contributed by atoms with E-state index in [1.54, 1.807) is 19.2 Å². The maximum Gasteiger partial charge on any atom is 0.414 e. The van der Waals surface area contributed by atoms with Gasteiger partial charge in [0.25, 0.3) is 0 Å². The Labute approximate surface area is 198 Å². The first-order valence-electron chi connectivity index (χ1n) is 11.3. The number of amides is 2. The van der Waals surface area contributed by atoms with Crippen molar-refractivity contribution in [1.82, 2.24) is 5.32 Å². The van der Waals surface area contributed by atoms with Gasteiger partial charge in [-0.25, -0.2) is 4.79 Å². The second-order valence-corrected chi connectivity index (χ2v) is 10.2. The first kappa shape index (κ1) is 24.1. The standard InChI is InChI=1S/C24H32N2O6S/c1-14(2)4-9-17-22(31-17)20-21(29-3)18(10-11-24(20)13-30-24)32-23(28)26-19(27)12-33-16-7-5-15(25)6-8-16/h4-8,17-18,20-22H,9-13,25H2,1-3H3,(H,26,27,28)/t17-,18?,20?,21?,22+,24+/m1/s1. The number of allylic oxidation sites excluding steroid dienone is 1. The number of benzene rings is 1. The van der Waals surface area contributed by atoms with Gasteiger partial charge in [0.2, 0.25) is 5.91 Å². The number of hydrogen-bond acceptors (Lipinski definition) is 8. The van der Waals surface area contributed by atoms with Crippen LogP contribution in [0.5, 0.6) is 0 Å². The molecule has 1 spiro atoms. The second kappa shape index (κ2) is 10.0. The number of alkyl carbamates (subject to hydrolysis) is 1. The lowest BCUT2D eigenvalue weighted by molar-refractivity contribution is -0.120. The minimum Gasteiger partial charge on any atom is -0.443 e. The Balaban J connectivity index is 1.30. The quantitative estimate of drug-likeness (QED) is 0.254. The Hall–Kier alpha value is -2.07. The van der Waals surface area contributed by atoms with Crippen molar-refractivity contribution in [2.75, 3.05) is 25.2 Å². The van der Waals surface area contributed by atoms with Gasteiger partial charge in [0, 0.05) is 23.6 Å². The van der Waals surface area contributed by atoms with E-state index in [4.69, 9.17) is 24.7 Å². The van der Waals surface area contributed by atoms with Crippen molar-refractivity contribution in [3.63, 3.8) is 0 Å². The molecule has 0 aromatic heterocycles. The average Bonchev–Trinajstić information content (AvgIpc) is 3.70. The molecule has 2 heterocycles. The smallest absolute Gasteiger partial charge is 0.414 e. The van der Waals surface area contributed by atoms with Gasteiger partial charge in [-0.05, 0) is 57.4 Å². The van der Waals surface area contributed by atoms with E-state index in [1.807, 2.05) is 12.1 Å². The zero-order valence-corrected chi connectivity index (χ0v) is 20.1. The summed E-state index contributed by atoms with van der Waals surface area (Å²) in [7, 11) is 1.62. The first-order chi connectivity index (χ1) is 15.8. The Bertz CT molecular complexity index is 897. The zero-order valence-electron chi connectivity index (χ0n) is 19.2. The molecule has 0 bridgehead atoms. The molecule has 4 rings (SSSR count). The highest BCUT2D eigenvalue weighted by atomic mass is 32.2. The van der Waals surface area contributed by atoms with Crippen LogP contribution in [0, 0.1) is 5.92 Å². The monoisotopic (exact) mass is 476 g/mol. The number of nitrogens with two attached hydrogens (primary N) is 1. The van der Waals surface area contributed by atoms with Crippen molar-refractivity contribution >= 4 is 29.4 Å². The molecule has 3 unspecified atom stereocenters. The van der Waals surface area contributed by atoms with Gasteiger partial charge in [0.05, 0.1) is 30.2 Å². The van der Waals surface area contributed by atoms with Crippen LogP contribution in [0.15, 0.2) is 40.8 Å². The molecule has 0 radical (unpaired) electrons. The Morgan fingerprint density at radius 1 is 1.30 bits per heavy atom. The lowest BCUT2D eigenvalue weighted by Crippen LogP contribution is -2.53. The number of epoxide rings is 2. The average molecular weight is 477 g/mol. The summed E-state index contributed by atoms with van der Waals surface area (Å²) < 4.78 is 23.3. The molecule has 3 aliphatic rings. The van der Waals surface area contributed by atoms with Crippen molar-refractivity contribution in [2.45, 2.75) is 68.0 Å². The number of nitrogen functional groups attached to an aromatic ring is 1. The molecule has 8 nitrogen and oxygen atoms in total. The summed E-state index contributed by atoms with van der Waals surface area (Å²) in [5, 5.41) is 2.32. The van der Waals surface area contributed by atoms with E-state index in [-0.39, 0.29) is 35.6 Å². The van der Waals surface area contributed by atoms with Gasteiger partial charge in [-0.3, -0.25) is 10.1 Å². The molecule has 6 atom stereocenters. The number of nitrogens with one attached hydrogen (secondary N) is 1. The van der Waals surface area contributed by atoms with Crippen molar-refractivity contribution in [3.05, 3.63) is 35.9 Å². The maximum atomic E-state index is 12.4. The molecule has 2 aliphatic heterocycles. The topological polar surface area (TPSA) is 116 Å². The molecular weight excluding hydrogens is 444 g/mol. The fourth-order valence-electron chi connectivity index (χ4n) is 4.63. The van der Waals surface area contributed by atoms with Gasteiger partial charge in [-0.1, -0.05) is 11.6 Å². The van der Waals surface area contributed by atoms with Crippen LogP contribution in [0.25, 0.3) is 0 Å². The molecule has 9 heteroatoms. The van der Waals surface area contributed by atoms with Gasteiger partial charge >= 0.3 is 6.09 Å². The highest BCUT2D eigenvalue weighted by molar-refractivity contribution is 8.00. The summed E-state index contributed by atoms with van der Waals surface area (Å²) in [6, 6.07) is 7.20. The molecular formula is C24H32N2O6S. The number of thioether (sulfide) groups is 1. The number of imide groups is 1. The largest absolute Gasteiger partial charge is 0.443 e. The highest BCUT2D eigenvalue weighted by Gasteiger charge is 2.66. The summed E-state index contributed by atoms with van der Waals surface area (Å²) in [6.07, 6.45) is 2.97. The number of anilines is 1. The van der Waals surface area contributed by atoms with Crippen LogP contribution in [0.2, 0.25) is 0 Å². The van der Waals surface area contributed by atoms with Crippen LogP contribution in [-0.2, 0) is 23.7 Å². The van der Waals surface area contributed by atoms with E-state index >= 15 is 0 Å². The van der Waals surface area contributed by atoms with E-state index in [0.29, 0.717) is 18.7 Å². The van der Waals surface area contributed by atoms with E-state index in [0.717, 1.165) is 17.7 Å². The minimum atomic E-state index is -0.755. The summed E-state index contributed by atoms with van der Waals surface area (Å²) in [6.45, 7) is 4.81. The van der Waals surface area contributed by atoms with Gasteiger partial charge < -0.3 is 24.7 Å². The van der Waals surface area contributed by atoms with Crippen LogP contribution in [0.4, 0.5) is 10.5 Å². The van der Waals surface area contributed by atoms with Crippen LogP contribution in [-0.4, -0.2) is 61.5 Å². The lowest BCUT2D eigenvalue weighted by Gasteiger charge is -2.39. The van der Waals surface area contributed by atoms with Crippen molar-refractivity contribution in [1.29, 1.82) is 0 Å². The summed E-state index contributed by atoms with van der Waals surface area (Å²) >= 11 is 1.32. The number of hydrogen-bond donors (Lipinski definition) is 2. The lowest BCUT2D eigenvalue weighted by atomic mass is 9.73. The molecule has 3 N–H and O–H groups in total. The number of rotatable bonds is 8. The van der Waals surface area contributed by atoms with Crippen LogP contribution >= 0.6 is 11.8 Å². The highest BCUT2D eigenvalue weighted by Crippen LogP contribution is 2.54. The molecule has 2 amide bonds. The van der Waals surface area contributed by atoms with E-state index in [1.165, 1.54) is 17.3 Å². The summed E-state index contributed by atoms with van der Waals surface area (Å²) in [5.41, 5.74) is 7.32. The van der Waals surface area contributed by atoms with Crippen LogP contribution in [0.3, 0.4) is 0 Å². The molecule has 1 saturated carbocycles. The van der Waals surface area contributed by atoms with Crippen molar-refractivity contribution in [3.8, 4) is 0 Å². The van der Waals surface area contributed by atoms with E-state index in [9.17, 15) is 9.59 Å². The predicted molar refractivity (Wildman–Crippen MR) is 125 cm³/mol. The summed E-state index contributed by atoms with van der Waals surface area (Å²) in [5.74, 6) is -0.335. The minimum absolute atomic E-state index is 0.0126. The fraction of sp³-hybridized carbons (Fsp3) is 0.583. The molecule has 1 aromatic carbocycles. The van der Waals surface area contributed by atoms with E-state index in [2.05, 4.69) is 25.2 Å². The van der Waals surface area contributed by atoms with Gasteiger partial charge in [-0.2, -0.15) is 0 Å². The molecule has 1 aliphatic carbocycles. The van der Waals surface area contributed by atoms with Gasteiger partial charge in [-0.15, -0.1) is 11.8 Å². The predicted octanol–water partition coefficient (Wildman–Crippen LogP) is 3.30. The Kier molecular flexibility index (Phi) is 7.33. The third-order valence-electron chi connectivity index (χ3n) is 6.45. The van der Waals surface area contributed by atoms with Crippen LogP contribution < -0.4 is 11.1 Å². The summed E-state index contributed by atoms with van der Waals surface area (Å²) in [4.78, 5) is 25.6. The zero-order chi connectivity index (χ0) is 23.6. The fourth-order valence-corrected chi connectivity index (χ4v) is 5.33. The van der Waals surface area contributed by atoms with E-state index < -0.39 is 18.1 Å². The Morgan fingerprint density at radius 3 is 2.67 bits per heavy atom. The molecule has 1 aromatic rings. The second-order valence-electron chi connectivity index (χ2n) is 9.12. The maximum absolute atomic E-state index is 12.4. The first-order valence-corrected chi connectivity index (χ1v) is 12.2. The number of carbonyl (C=O) groups is 2. The molecule has 3 fully saturated rings. The number of methoxy groups -OCH3 is 1. The molecule has 2 saturated heterocycles. The Morgan fingerprint density at radius 2 is 2.03 bits per heavy atom. The number of carbonyl (C=O) groups excluding carboxylic acids is 2. The SMILES string of the molecule is COC1C(OC(=O)NC(=O)CSc2ccc(N)cc2)CC[C@]2(CO2)C1[C@H]1O[C@@H]1CC=C(C)C. The van der Waals surface area contributed by atoms with Gasteiger partial charge in [0.15, 0.2) is 0 Å². The molecule has 33 heavy (non-hydrogen) atoms.